The molecule has 1 aliphatic heterocycles. The minimum atomic E-state index is -0.407. The largest absolute Gasteiger partial charge is 0.353 e. The number of rotatable bonds is 4. The van der Waals surface area contributed by atoms with Crippen LogP contribution in [-0.2, 0) is 0 Å². The second kappa shape index (κ2) is 7.14. The van der Waals surface area contributed by atoms with E-state index >= 15 is 0 Å². The molecule has 3 aromatic rings. The first-order valence-electron chi connectivity index (χ1n) is 8.98. The molecule has 1 fully saturated rings. The lowest BCUT2D eigenvalue weighted by Gasteiger charge is -2.31. The van der Waals surface area contributed by atoms with E-state index in [9.17, 15) is 10.1 Å². The molecule has 2 aromatic heterocycles. The second-order valence-electron chi connectivity index (χ2n) is 6.85. The van der Waals surface area contributed by atoms with Gasteiger partial charge in [-0.25, -0.2) is 9.97 Å². The summed E-state index contributed by atoms with van der Waals surface area (Å²) in [5.74, 6) is 1.03. The Morgan fingerprint density at radius 3 is 2.89 bits per heavy atom. The minimum Gasteiger partial charge on any atom is -0.350 e. The topological polar surface area (TPSA) is 97.1 Å². The molecule has 0 amide bonds. The number of piperidine rings is 1. The van der Waals surface area contributed by atoms with E-state index in [1.807, 2.05) is 35.2 Å². The SMILES string of the molecule is CC1CCCN(c2ncnc(Nc3cccc4cccnc34)c2[N+](=O)[O-])C1. The first-order valence-corrected chi connectivity index (χ1v) is 8.98. The minimum absolute atomic E-state index is 0.0977. The molecule has 1 atom stereocenters. The van der Waals surface area contributed by atoms with Gasteiger partial charge < -0.3 is 10.2 Å². The van der Waals surface area contributed by atoms with E-state index in [-0.39, 0.29) is 11.5 Å². The summed E-state index contributed by atoms with van der Waals surface area (Å²) < 4.78 is 0. The summed E-state index contributed by atoms with van der Waals surface area (Å²) in [5, 5.41) is 15.9. The summed E-state index contributed by atoms with van der Waals surface area (Å²) in [4.78, 5) is 26.2. The lowest BCUT2D eigenvalue weighted by atomic mass is 10.0. The number of aromatic nitrogens is 3. The molecule has 1 aromatic carbocycles. The predicted molar refractivity (Wildman–Crippen MR) is 104 cm³/mol. The molecule has 1 unspecified atom stereocenters. The van der Waals surface area contributed by atoms with E-state index < -0.39 is 4.92 Å². The van der Waals surface area contributed by atoms with Crippen LogP contribution >= 0.6 is 0 Å². The zero-order valence-electron chi connectivity index (χ0n) is 15.0. The van der Waals surface area contributed by atoms with Gasteiger partial charge in [-0.05, 0) is 30.9 Å². The molecule has 138 valence electrons. The Kier molecular flexibility index (Phi) is 4.53. The van der Waals surface area contributed by atoms with Gasteiger partial charge in [0.1, 0.15) is 6.33 Å². The van der Waals surface area contributed by atoms with Crippen LogP contribution in [0.1, 0.15) is 19.8 Å². The highest BCUT2D eigenvalue weighted by atomic mass is 16.6. The van der Waals surface area contributed by atoms with Crippen molar-refractivity contribution >= 4 is 33.9 Å². The van der Waals surface area contributed by atoms with Crippen LogP contribution in [0.5, 0.6) is 0 Å². The molecule has 0 radical (unpaired) electrons. The van der Waals surface area contributed by atoms with Crippen LogP contribution in [0.3, 0.4) is 0 Å². The third kappa shape index (κ3) is 3.38. The molecule has 4 rings (SSSR count). The zero-order valence-corrected chi connectivity index (χ0v) is 15.0. The molecular weight excluding hydrogens is 344 g/mol. The first kappa shape index (κ1) is 17.1. The summed E-state index contributed by atoms with van der Waals surface area (Å²) in [6.07, 6.45) is 5.20. The fourth-order valence-electron chi connectivity index (χ4n) is 3.57. The summed E-state index contributed by atoms with van der Waals surface area (Å²) in [6.45, 7) is 3.67. The molecule has 1 N–H and O–H groups in total. The van der Waals surface area contributed by atoms with Gasteiger partial charge in [-0.15, -0.1) is 0 Å². The summed E-state index contributed by atoms with van der Waals surface area (Å²) in [6, 6.07) is 9.47. The lowest BCUT2D eigenvalue weighted by molar-refractivity contribution is -0.383. The van der Waals surface area contributed by atoms with E-state index in [0.717, 1.165) is 36.8 Å². The number of nitrogens with one attached hydrogen (secondary N) is 1. The van der Waals surface area contributed by atoms with Gasteiger partial charge in [0.2, 0.25) is 11.6 Å². The van der Waals surface area contributed by atoms with Gasteiger partial charge in [0.15, 0.2) is 0 Å². The highest BCUT2D eigenvalue weighted by Crippen LogP contribution is 2.36. The number of hydrogen-bond donors (Lipinski definition) is 1. The van der Waals surface area contributed by atoms with E-state index in [2.05, 4.69) is 27.2 Å². The number of fused-ring (bicyclic) bond motifs is 1. The van der Waals surface area contributed by atoms with Crippen LogP contribution < -0.4 is 10.2 Å². The van der Waals surface area contributed by atoms with Crippen molar-refractivity contribution in [3.8, 4) is 0 Å². The molecular formula is C19H20N6O2. The number of nitrogens with zero attached hydrogens (tertiary/aromatic N) is 5. The van der Waals surface area contributed by atoms with Crippen molar-refractivity contribution in [1.29, 1.82) is 0 Å². The van der Waals surface area contributed by atoms with Crippen molar-refractivity contribution in [2.75, 3.05) is 23.3 Å². The Bertz CT molecular complexity index is 988. The van der Waals surface area contributed by atoms with Crippen molar-refractivity contribution in [2.24, 2.45) is 5.92 Å². The van der Waals surface area contributed by atoms with Crippen molar-refractivity contribution in [3.63, 3.8) is 0 Å². The van der Waals surface area contributed by atoms with E-state index in [4.69, 9.17) is 0 Å². The maximum Gasteiger partial charge on any atom is 0.353 e. The highest BCUT2D eigenvalue weighted by Gasteiger charge is 2.29. The normalized spacial score (nSPS) is 17.1. The Hall–Kier alpha value is -3.29. The summed E-state index contributed by atoms with van der Waals surface area (Å²) >= 11 is 0. The molecule has 1 saturated heterocycles. The Labute approximate surface area is 156 Å². The number of hydrogen-bond acceptors (Lipinski definition) is 7. The molecule has 1 aliphatic rings. The van der Waals surface area contributed by atoms with Gasteiger partial charge in [-0.2, -0.15) is 0 Å². The Morgan fingerprint density at radius 1 is 1.22 bits per heavy atom. The lowest BCUT2D eigenvalue weighted by Crippen LogP contribution is -2.35. The van der Waals surface area contributed by atoms with Crippen molar-refractivity contribution in [3.05, 3.63) is 53.0 Å². The standard InChI is InChI=1S/C19H20N6O2/c1-13-5-4-10-24(11-13)19-17(25(26)27)18(21-12-22-19)23-15-8-2-6-14-7-3-9-20-16(14)15/h2-3,6-9,12-13H,4-5,10-11H2,1H3,(H,21,22,23). The van der Waals surface area contributed by atoms with Crippen LogP contribution in [0.4, 0.5) is 23.0 Å². The number of benzene rings is 1. The van der Waals surface area contributed by atoms with Crippen LogP contribution in [0, 0.1) is 16.0 Å². The fraction of sp³-hybridized carbons (Fsp3) is 0.316. The van der Waals surface area contributed by atoms with Gasteiger partial charge in [-0.1, -0.05) is 25.1 Å². The average molecular weight is 364 g/mol. The van der Waals surface area contributed by atoms with Gasteiger partial charge in [0, 0.05) is 24.7 Å². The predicted octanol–water partition coefficient (Wildman–Crippen LogP) is 3.91. The molecule has 0 bridgehead atoms. The molecule has 8 nitrogen and oxygen atoms in total. The van der Waals surface area contributed by atoms with E-state index in [1.165, 1.54) is 6.33 Å². The molecule has 0 spiro atoms. The molecule has 0 aliphatic carbocycles. The number of para-hydroxylation sites is 1. The van der Waals surface area contributed by atoms with Crippen LogP contribution in [0.25, 0.3) is 10.9 Å². The number of pyridine rings is 1. The molecule has 3 heterocycles. The van der Waals surface area contributed by atoms with E-state index in [1.54, 1.807) is 6.20 Å². The fourth-order valence-corrected chi connectivity index (χ4v) is 3.57. The van der Waals surface area contributed by atoms with Crippen molar-refractivity contribution < 1.29 is 4.92 Å². The maximum atomic E-state index is 11.9. The van der Waals surface area contributed by atoms with Crippen LogP contribution in [0.15, 0.2) is 42.9 Å². The third-order valence-corrected chi connectivity index (χ3v) is 4.83. The van der Waals surface area contributed by atoms with Gasteiger partial charge in [-0.3, -0.25) is 15.1 Å². The summed E-state index contributed by atoms with van der Waals surface area (Å²) in [5.41, 5.74) is 1.31. The molecule has 8 heteroatoms. The molecule has 0 saturated carbocycles. The average Bonchev–Trinajstić information content (AvgIpc) is 2.68. The quantitative estimate of drug-likeness (QED) is 0.553. The van der Waals surface area contributed by atoms with Crippen LogP contribution in [0.2, 0.25) is 0 Å². The van der Waals surface area contributed by atoms with E-state index in [0.29, 0.717) is 17.4 Å². The first-order chi connectivity index (χ1) is 13.1. The Morgan fingerprint density at radius 2 is 2.07 bits per heavy atom. The van der Waals surface area contributed by atoms with Gasteiger partial charge in [0.25, 0.3) is 0 Å². The van der Waals surface area contributed by atoms with Gasteiger partial charge >= 0.3 is 5.69 Å². The van der Waals surface area contributed by atoms with Gasteiger partial charge in [0.05, 0.1) is 16.1 Å². The van der Waals surface area contributed by atoms with Crippen LogP contribution in [-0.4, -0.2) is 33.0 Å². The Balaban J connectivity index is 1.76. The monoisotopic (exact) mass is 364 g/mol. The zero-order chi connectivity index (χ0) is 18.8. The molecule has 27 heavy (non-hydrogen) atoms. The number of nitro groups is 1. The third-order valence-electron chi connectivity index (χ3n) is 4.83. The number of anilines is 3. The summed E-state index contributed by atoms with van der Waals surface area (Å²) in [7, 11) is 0. The smallest absolute Gasteiger partial charge is 0.350 e. The van der Waals surface area contributed by atoms with Crippen molar-refractivity contribution in [1.82, 2.24) is 15.0 Å². The maximum absolute atomic E-state index is 11.9. The highest BCUT2D eigenvalue weighted by molar-refractivity contribution is 5.92. The second-order valence-corrected chi connectivity index (χ2v) is 6.85. The van der Waals surface area contributed by atoms with Crippen molar-refractivity contribution in [2.45, 2.75) is 19.8 Å².